The molecule has 0 aliphatic carbocycles. The van der Waals surface area contributed by atoms with Crippen molar-refractivity contribution < 1.29 is 28.8 Å². The van der Waals surface area contributed by atoms with E-state index < -0.39 is 12.4 Å². The normalized spacial score (nSPS) is 28.0. The maximum absolute atomic E-state index is 10.6. The van der Waals surface area contributed by atoms with Crippen molar-refractivity contribution in [3.8, 4) is 0 Å². The van der Waals surface area contributed by atoms with Crippen LogP contribution in [0.1, 0.15) is 79.1 Å². The molecule has 6 nitrogen and oxygen atoms in total. The standard InChI is InChI=1S/C22H44O6/c1-5-9-13-24-17-18-19(25-14-10-6-2)20(26-15-11-7-3)21(22(23)28-18)27-16-12-8-4/h18-23H,5-17H2,1-4H3/t18?,19-,20?,21-,22+/m1/s1. The Balaban J connectivity index is 2.84. The molecule has 168 valence electrons. The van der Waals surface area contributed by atoms with Gasteiger partial charge in [-0.2, -0.15) is 0 Å². The molecular weight excluding hydrogens is 360 g/mol. The summed E-state index contributed by atoms with van der Waals surface area (Å²) in [6.45, 7) is 11.5. The van der Waals surface area contributed by atoms with Gasteiger partial charge in [0.1, 0.15) is 24.4 Å². The third-order valence-electron chi connectivity index (χ3n) is 4.96. The highest BCUT2D eigenvalue weighted by Gasteiger charge is 2.47. The Labute approximate surface area is 172 Å². The van der Waals surface area contributed by atoms with E-state index in [-0.39, 0.29) is 18.3 Å². The summed E-state index contributed by atoms with van der Waals surface area (Å²) >= 11 is 0. The first-order valence-electron chi connectivity index (χ1n) is 11.5. The maximum Gasteiger partial charge on any atom is 0.184 e. The van der Waals surface area contributed by atoms with Crippen LogP contribution in [0, 0.1) is 0 Å². The Kier molecular flexibility index (Phi) is 15.2. The molecule has 2 unspecified atom stereocenters. The molecule has 1 fully saturated rings. The van der Waals surface area contributed by atoms with Gasteiger partial charge in [0.25, 0.3) is 0 Å². The van der Waals surface area contributed by atoms with Crippen molar-refractivity contribution in [1.82, 2.24) is 0 Å². The van der Waals surface area contributed by atoms with Gasteiger partial charge in [-0.15, -0.1) is 0 Å². The van der Waals surface area contributed by atoms with Crippen LogP contribution >= 0.6 is 0 Å². The Morgan fingerprint density at radius 1 is 0.643 bits per heavy atom. The van der Waals surface area contributed by atoms with E-state index in [2.05, 4.69) is 27.7 Å². The number of unbranched alkanes of at least 4 members (excludes halogenated alkanes) is 4. The van der Waals surface area contributed by atoms with Gasteiger partial charge < -0.3 is 28.8 Å². The SMILES string of the molecule is CCCCOCC1O[C@H](O)[C@H](OCCCC)C(OCCCC)[C@@H]1OCCCC. The van der Waals surface area contributed by atoms with Crippen molar-refractivity contribution in [3.63, 3.8) is 0 Å². The minimum absolute atomic E-state index is 0.306. The fraction of sp³-hybridized carbons (Fsp3) is 1.00. The highest BCUT2D eigenvalue weighted by Crippen LogP contribution is 2.28. The third kappa shape index (κ3) is 9.51. The first kappa shape index (κ1) is 25.8. The van der Waals surface area contributed by atoms with Crippen molar-refractivity contribution in [3.05, 3.63) is 0 Å². The molecule has 6 heteroatoms. The summed E-state index contributed by atoms with van der Waals surface area (Å²) in [7, 11) is 0. The summed E-state index contributed by atoms with van der Waals surface area (Å²) in [5.41, 5.74) is 0. The van der Waals surface area contributed by atoms with Crippen LogP contribution in [0.4, 0.5) is 0 Å². The molecule has 28 heavy (non-hydrogen) atoms. The van der Waals surface area contributed by atoms with Gasteiger partial charge in [-0.3, -0.25) is 0 Å². The number of hydrogen-bond donors (Lipinski definition) is 1. The van der Waals surface area contributed by atoms with Gasteiger partial charge >= 0.3 is 0 Å². The number of aliphatic hydroxyl groups is 1. The lowest BCUT2D eigenvalue weighted by atomic mass is 9.98. The van der Waals surface area contributed by atoms with E-state index in [0.717, 1.165) is 51.4 Å². The Morgan fingerprint density at radius 2 is 1.11 bits per heavy atom. The van der Waals surface area contributed by atoms with Gasteiger partial charge in [0.05, 0.1) is 6.61 Å². The van der Waals surface area contributed by atoms with Gasteiger partial charge in [0.2, 0.25) is 0 Å². The van der Waals surface area contributed by atoms with E-state index in [1.54, 1.807) is 0 Å². The average molecular weight is 405 g/mol. The lowest BCUT2D eigenvalue weighted by Gasteiger charge is -2.44. The molecule has 1 rings (SSSR count). The van der Waals surface area contributed by atoms with Crippen LogP contribution in [0.15, 0.2) is 0 Å². The summed E-state index contributed by atoms with van der Waals surface area (Å²) in [6.07, 6.45) is 5.53. The fourth-order valence-electron chi connectivity index (χ4n) is 3.13. The van der Waals surface area contributed by atoms with E-state index in [1.165, 1.54) is 0 Å². The second kappa shape index (κ2) is 16.5. The fourth-order valence-corrected chi connectivity index (χ4v) is 3.13. The number of hydrogen-bond acceptors (Lipinski definition) is 6. The first-order valence-corrected chi connectivity index (χ1v) is 11.5. The van der Waals surface area contributed by atoms with Crippen molar-refractivity contribution in [1.29, 1.82) is 0 Å². The molecule has 0 aromatic carbocycles. The van der Waals surface area contributed by atoms with Crippen LogP contribution in [0.5, 0.6) is 0 Å². The topological polar surface area (TPSA) is 66.4 Å². The lowest BCUT2D eigenvalue weighted by Crippen LogP contribution is -2.61. The van der Waals surface area contributed by atoms with Crippen LogP contribution in [0.25, 0.3) is 0 Å². The Morgan fingerprint density at radius 3 is 1.64 bits per heavy atom. The zero-order valence-corrected chi connectivity index (χ0v) is 18.6. The molecular formula is C22H44O6. The van der Waals surface area contributed by atoms with Crippen molar-refractivity contribution in [2.45, 2.75) is 110 Å². The molecule has 0 aromatic rings. The maximum atomic E-state index is 10.6. The van der Waals surface area contributed by atoms with Gasteiger partial charge in [-0.25, -0.2) is 0 Å². The molecule has 1 aliphatic heterocycles. The average Bonchev–Trinajstić information content (AvgIpc) is 2.69. The van der Waals surface area contributed by atoms with E-state index >= 15 is 0 Å². The molecule has 0 aromatic heterocycles. The molecule has 0 amide bonds. The zero-order valence-electron chi connectivity index (χ0n) is 18.6. The molecule has 1 N–H and O–H groups in total. The zero-order chi connectivity index (χ0) is 20.6. The van der Waals surface area contributed by atoms with E-state index in [4.69, 9.17) is 23.7 Å². The highest BCUT2D eigenvalue weighted by atomic mass is 16.7. The summed E-state index contributed by atoms with van der Waals surface area (Å²) < 4.78 is 30.1. The molecule has 1 heterocycles. The van der Waals surface area contributed by atoms with Crippen molar-refractivity contribution >= 4 is 0 Å². The van der Waals surface area contributed by atoms with E-state index in [1.807, 2.05) is 0 Å². The van der Waals surface area contributed by atoms with Crippen LogP contribution in [-0.2, 0) is 23.7 Å². The molecule has 1 aliphatic rings. The summed E-state index contributed by atoms with van der Waals surface area (Å²) in [4.78, 5) is 0. The minimum Gasteiger partial charge on any atom is -0.379 e. The van der Waals surface area contributed by atoms with Crippen LogP contribution < -0.4 is 0 Å². The summed E-state index contributed by atoms with van der Waals surface area (Å²) in [5, 5.41) is 10.6. The van der Waals surface area contributed by atoms with Crippen LogP contribution in [-0.4, -0.2) is 68.8 Å². The summed E-state index contributed by atoms with van der Waals surface area (Å²) in [6, 6.07) is 0. The van der Waals surface area contributed by atoms with Gasteiger partial charge in [0, 0.05) is 26.4 Å². The predicted molar refractivity (Wildman–Crippen MR) is 111 cm³/mol. The van der Waals surface area contributed by atoms with Crippen molar-refractivity contribution in [2.75, 3.05) is 33.0 Å². The largest absolute Gasteiger partial charge is 0.379 e. The van der Waals surface area contributed by atoms with Crippen LogP contribution in [0.2, 0.25) is 0 Å². The molecule has 0 bridgehead atoms. The smallest absolute Gasteiger partial charge is 0.184 e. The Hall–Kier alpha value is -0.240. The monoisotopic (exact) mass is 404 g/mol. The van der Waals surface area contributed by atoms with E-state index in [0.29, 0.717) is 33.0 Å². The molecule has 5 atom stereocenters. The second-order valence-electron chi connectivity index (χ2n) is 7.56. The molecule has 0 saturated carbocycles. The second-order valence-corrected chi connectivity index (χ2v) is 7.56. The quantitative estimate of drug-likeness (QED) is 0.369. The molecule has 0 radical (unpaired) electrons. The van der Waals surface area contributed by atoms with Gasteiger partial charge in [-0.05, 0) is 25.7 Å². The lowest BCUT2D eigenvalue weighted by molar-refractivity contribution is -0.312. The van der Waals surface area contributed by atoms with Gasteiger partial charge in [0.15, 0.2) is 6.29 Å². The first-order chi connectivity index (χ1) is 13.7. The molecule has 0 spiro atoms. The van der Waals surface area contributed by atoms with Crippen molar-refractivity contribution in [2.24, 2.45) is 0 Å². The highest BCUT2D eigenvalue weighted by molar-refractivity contribution is 4.92. The minimum atomic E-state index is -1.03. The van der Waals surface area contributed by atoms with E-state index in [9.17, 15) is 5.11 Å². The number of ether oxygens (including phenoxy) is 5. The summed E-state index contributed by atoms with van der Waals surface area (Å²) in [5.74, 6) is 0. The number of rotatable bonds is 17. The third-order valence-corrected chi connectivity index (χ3v) is 4.96. The molecule has 1 saturated heterocycles. The van der Waals surface area contributed by atoms with Gasteiger partial charge in [-0.1, -0.05) is 53.4 Å². The van der Waals surface area contributed by atoms with Crippen LogP contribution in [0.3, 0.4) is 0 Å². The predicted octanol–water partition coefficient (Wildman–Crippen LogP) is 4.08. The number of aliphatic hydroxyl groups excluding tert-OH is 1. The Bertz CT molecular complexity index is 354.